The maximum atomic E-state index is 9.17. The van der Waals surface area contributed by atoms with Crippen LogP contribution >= 0.6 is 0 Å². The van der Waals surface area contributed by atoms with Crippen LogP contribution in [0, 0.1) is 11.3 Å². The van der Waals surface area contributed by atoms with Crippen molar-refractivity contribution in [3.05, 3.63) is 60.4 Å². The molecule has 7 nitrogen and oxygen atoms in total. The highest BCUT2D eigenvalue weighted by atomic mass is 15.3. The van der Waals surface area contributed by atoms with Crippen LogP contribution in [0.4, 0.5) is 5.95 Å². The van der Waals surface area contributed by atoms with Gasteiger partial charge in [0, 0.05) is 55.1 Å². The van der Waals surface area contributed by atoms with Gasteiger partial charge in [-0.25, -0.2) is 9.97 Å². The van der Waals surface area contributed by atoms with E-state index in [1.807, 2.05) is 54.5 Å². The number of hydrogen-bond donors (Lipinski definition) is 1. The summed E-state index contributed by atoms with van der Waals surface area (Å²) in [5.41, 5.74) is 11.4. The molecule has 1 saturated heterocycles. The molecule has 2 aromatic carbocycles. The van der Waals surface area contributed by atoms with E-state index in [1.54, 1.807) is 0 Å². The number of fused-ring (bicyclic) bond motifs is 1. The van der Waals surface area contributed by atoms with Crippen LogP contribution < -0.4 is 10.6 Å². The van der Waals surface area contributed by atoms with Gasteiger partial charge in [-0.3, -0.25) is 4.68 Å². The fraction of sp³-hybridized carbons (Fsp3) is 0.250. The largest absolute Gasteiger partial charge is 0.341 e. The number of aromatic nitrogens is 4. The number of nitrogens with zero attached hydrogens (tertiary/aromatic N) is 6. The monoisotopic (exact) mass is 409 g/mol. The van der Waals surface area contributed by atoms with Gasteiger partial charge in [0.15, 0.2) is 0 Å². The number of nitrogens with two attached hydrogens (primary N) is 1. The van der Waals surface area contributed by atoms with E-state index in [0.717, 1.165) is 65.2 Å². The standard InChI is InChI=1S/C24H23N7/c1-30-15-19-12-18(6-7-22(19)29-30)21-14-27-24(31-10-8-20(26)9-11-31)28-23(21)17-4-2-16(13-25)3-5-17/h2-7,12,14-15,20H,8-11,26H2,1H3. The van der Waals surface area contributed by atoms with Crippen molar-refractivity contribution in [2.24, 2.45) is 12.8 Å². The number of aryl methyl sites for hydroxylation is 1. The van der Waals surface area contributed by atoms with Crippen LogP contribution in [0.15, 0.2) is 54.9 Å². The Bertz CT molecular complexity index is 1280. The molecule has 1 fully saturated rings. The van der Waals surface area contributed by atoms with Gasteiger partial charge in [-0.1, -0.05) is 18.2 Å². The number of benzene rings is 2. The summed E-state index contributed by atoms with van der Waals surface area (Å²) in [6, 6.07) is 16.2. The van der Waals surface area contributed by atoms with E-state index in [9.17, 15) is 0 Å². The van der Waals surface area contributed by atoms with Gasteiger partial charge in [0.25, 0.3) is 0 Å². The minimum Gasteiger partial charge on any atom is -0.341 e. The summed E-state index contributed by atoms with van der Waals surface area (Å²) in [4.78, 5) is 11.9. The van der Waals surface area contributed by atoms with Gasteiger partial charge in [-0.15, -0.1) is 0 Å². The summed E-state index contributed by atoms with van der Waals surface area (Å²) >= 11 is 0. The van der Waals surface area contributed by atoms with Gasteiger partial charge in [-0.05, 0) is 42.7 Å². The lowest BCUT2D eigenvalue weighted by atomic mass is 9.99. The number of piperidine rings is 1. The molecule has 2 N–H and O–H groups in total. The van der Waals surface area contributed by atoms with Crippen molar-refractivity contribution >= 4 is 16.9 Å². The summed E-state index contributed by atoms with van der Waals surface area (Å²) in [5, 5.41) is 14.7. The molecular formula is C24H23N7. The summed E-state index contributed by atoms with van der Waals surface area (Å²) in [6.45, 7) is 1.71. The molecule has 0 amide bonds. The molecule has 31 heavy (non-hydrogen) atoms. The Kier molecular flexibility index (Phi) is 4.85. The zero-order valence-corrected chi connectivity index (χ0v) is 17.4. The Labute approximate surface area is 180 Å². The molecule has 1 aliphatic heterocycles. The number of rotatable bonds is 3. The fourth-order valence-corrected chi connectivity index (χ4v) is 4.07. The molecule has 0 saturated carbocycles. The van der Waals surface area contributed by atoms with Crippen molar-refractivity contribution in [1.82, 2.24) is 19.7 Å². The van der Waals surface area contributed by atoms with Crippen LogP contribution in [-0.4, -0.2) is 38.9 Å². The van der Waals surface area contributed by atoms with Gasteiger partial charge < -0.3 is 10.6 Å². The van der Waals surface area contributed by atoms with E-state index in [4.69, 9.17) is 21.0 Å². The average molecular weight is 409 g/mol. The minimum atomic E-state index is 0.250. The first-order valence-corrected chi connectivity index (χ1v) is 10.4. The SMILES string of the molecule is Cn1cc2cc(-c3cnc(N4CCC(N)CC4)nc3-c3ccc(C#N)cc3)ccc2n1. The zero-order chi connectivity index (χ0) is 21.4. The number of hydrogen-bond acceptors (Lipinski definition) is 6. The van der Waals surface area contributed by atoms with Crippen LogP contribution in [-0.2, 0) is 7.05 Å². The predicted octanol–water partition coefficient (Wildman–Crippen LogP) is 3.50. The lowest BCUT2D eigenvalue weighted by Crippen LogP contribution is -2.40. The quantitative estimate of drug-likeness (QED) is 0.556. The van der Waals surface area contributed by atoms with Crippen LogP contribution in [0.25, 0.3) is 33.3 Å². The van der Waals surface area contributed by atoms with Crippen LogP contribution in [0.1, 0.15) is 18.4 Å². The van der Waals surface area contributed by atoms with Crippen molar-refractivity contribution in [3.8, 4) is 28.5 Å². The molecular weight excluding hydrogens is 386 g/mol. The third kappa shape index (κ3) is 3.74. The molecule has 3 heterocycles. The van der Waals surface area contributed by atoms with Crippen molar-refractivity contribution in [2.45, 2.75) is 18.9 Å². The number of nitriles is 1. The Balaban J connectivity index is 1.62. The molecule has 0 radical (unpaired) electrons. The maximum Gasteiger partial charge on any atom is 0.225 e. The fourth-order valence-electron chi connectivity index (χ4n) is 4.07. The second-order valence-corrected chi connectivity index (χ2v) is 8.02. The summed E-state index contributed by atoms with van der Waals surface area (Å²) < 4.78 is 1.82. The average Bonchev–Trinajstić information content (AvgIpc) is 3.18. The number of anilines is 1. The third-order valence-electron chi connectivity index (χ3n) is 5.82. The summed E-state index contributed by atoms with van der Waals surface area (Å²) in [6.07, 6.45) is 5.79. The normalized spacial score (nSPS) is 14.7. The minimum absolute atomic E-state index is 0.250. The van der Waals surface area contributed by atoms with Gasteiger partial charge in [0.2, 0.25) is 5.95 Å². The predicted molar refractivity (Wildman–Crippen MR) is 121 cm³/mol. The van der Waals surface area contributed by atoms with Gasteiger partial charge in [0.1, 0.15) is 0 Å². The Morgan fingerprint density at radius 3 is 2.55 bits per heavy atom. The molecule has 0 atom stereocenters. The molecule has 5 rings (SSSR count). The summed E-state index contributed by atoms with van der Waals surface area (Å²) in [5.74, 6) is 0.720. The highest BCUT2D eigenvalue weighted by Crippen LogP contribution is 2.33. The van der Waals surface area contributed by atoms with E-state index in [2.05, 4.69) is 28.2 Å². The highest BCUT2D eigenvalue weighted by molar-refractivity contribution is 5.88. The van der Waals surface area contributed by atoms with Crippen LogP contribution in [0.2, 0.25) is 0 Å². The van der Waals surface area contributed by atoms with Crippen molar-refractivity contribution in [1.29, 1.82) is 5.26 Å². The van der Waals surface area contributed by atoms with Crippen molar-refractivity contribution < 1.29 is 0 Å². The molecule has 154 valence electrons. The first-order valence-electron chi connectivity index (χ1n) is 10.4. The lowest BCUT2D eigenvalue weighted by molar-refractivity contribution is 0.495. The maximum absolute atomic E-state index is 9.17. The van der Waals surface area contributed by atoms with Gasteiger partial charge >= 0.3 is 0 Å². The molecule has 7 heteroatoms. The Morgan fingerprint density at radius 1 is 1.06 bits per heavy atom. The molecule has 0 bridgehead atoms. The Morgan fingerprint density at radius 2 is 1.81 bits per heavy atom. The van der Waals surface area contributed by atoms with Crippen molar-refractivity contribution in [2.75, 3.05) is 18.0 Å². The first-order chi connectivity index (χ1) is 15.1. The molecule has 2 aromatic heterocycles. The van der Waals surface area contributed by atoms with Crippen LogP contribution in [0.5, 0.6) is 0 Å². The topological polar surface area (TPSA) is 96.6 Å². The molecule has 4 aromatic rings. The second-order valence-electron chi connectivity index (χ2n) is 8.02. The first kappa shape index (κ1) is 19.2. The smallest absolute Gasteiger partial charge is 0.225 e. The molecule has 0 unspecified atom stereocenters. The van der Waals surface area contributed by atoms with Crippen molar-refractivity contribution in [3.63, 3.8) is 0 Å². The molecule has 0 spiro atoms. The van der Waals surface area contributed by atoms with Gasteiger partial charge in [0.05, 0.1) is 22.8 Å². The van der Waals surface area contributed by atoms with E-state index in [0.29, 0.717) is 5.56 Å². The third-order valence-corrected chi connectivity index (χ3v) is 5.82. The summed E-state index contributed by atoms with van der Waals surface area (Å²) in [7, 11) is 1.92. The Hall–Kier alpha value is -3.76. The lowest BCUT2D eigenvalue weighted by Gasteiger charge is -2.30. The van der Waals surface area contributed by atoms with Crippen LogP contribution in [0.3, 0.4) is 0 Å². The van der Waals surface area contributed by atoms with E-state index in [-0.39, 0.29) is 6.04 Å². The van der Waals surface area contributed by atoms with E-state index < -0.39 is 0 Å². The second kappa shape index (κ2) is 7.82. The highest BCUT2D eigenvalue weighted by Gasteiger charge is 2.20. The van der Waals surface area contributed by atoms with E-state index >= 15 is 0 Å². The molecule has 1 aliphatic rings. The molecule has 0 aliphatic carbocycles. The van der Waals surface area contributed by atoms with Gasteiger partial charge in [-0.2, -0.15) is 10.4 Å². The van der Waals surface area contributed by atoms with E-state index in [1.165, 1.54) is 0 Å². The zero-order valence-electron chi connectivity index (χ0n) is 17.4.